The minimum atomic E-state index is 0.698. The van der Waals surface area contributed by atoms with Gasteiger partial charge in [0.2, 0.25) is 0 Å². The lowest BCUT2D eigenvalue weighted by Gasteiger charge is -2.36. The van der Waals surface area contributed by atoms with E-state index < -0.39 is 0 Å². The van der Waals surface area contributed by atoms with Crippen LogP contribution in [-0.2, 0) is 0 Å². The second-order valence-electron chi connectivity index (χ2n) is 21.3. The van der Waals surface area contributed by atoms with Crippen LogP contribution in [0.25, 0.3) is 0 Å². The minimum absolute atomic E-state index is 0.698. The van der Waals surface area contributed by atoms with Gasteiger partial charge in [0.05, 0.1) is 0 Å². The molecular formula is C65H130N2. The molecule has 67 heavy (non-hydrogen) atoms. The maximum absolute atomic E-state index is 4.66. The van der Waals surface area contributed by atoms with Crippen molar-refractivity contribution >= 4 is 0 Å². The van der Waals surface area contributed by atoms with Gasteiger partial charge in [-0.1, -0.05) is 278 Å². The Morgan fingerprint density at radius 1 is 0.493 bits per heavy atom. The first-order valence-corrected chi connectivity index (χ1v) is 30.7. The predicted molar refractivity (Wildman–Crippen MR) is 313 cm³/mol. The Bertz CT molecular complexity index is 954. The summed E-state index contributed by atoms with van der Waals surface area (Å²) in [4.78, 5) is 2.77. The highest BCUT2D eigenvalue weighted by Crippen LogP contribution is 2.38. The Balaban J connectivity index is -0.00000110. The number of nitrogens with zero attached hydrogens (tertiary/aromatic N) is 1. The van der Waals surface area contributed by atoms with Crippen LogP contribution in [0.3, 0.4) is 0 Å². The predicted octanol–water partition coefficient (Wildman–Crippen LogP) is 22.8. The molecule has 0 aliphatic heterocycles. The fourth-order valence-electron chi connectivity index (χ4n) is 9.39. The van der Waals surface area contributed by atoms with Gasteiger partial charge < -0.3 is 10.2 Å². The van der Waals surface area contributed by atoms with E-state index >= 15 is 0 Å². The van der Waals surface area contributed by atoms with E-state index in [0.717, 1.165) is 24.8 Å². The largest absolute Gasteiger partial charge is 0.372 e. The zero-order chi connectivity index (χ0) is 50.1. The van der Waals surface area contributed by atoms with Crippen molar-refractivity contribution in [2.24, 2.45) is 11.8 Å². The van der Waals surface area contributed by atoms with Gasteiger partial charge in [0.1, 0.15) is 0 Å². The Morgan fingerprint density at radius 2 is 0.866 bits per heavy atom. The fourth-order valence-corrected chi connectivity index (χ4v) is 9.39. The van der Waals surface area contributed by atoms with Crippen molar-refractivity contribution in [3.8, 4) is 0 Å². The highest BCUT2D eigenvalue weighted by molar-refractivity contribution is 4.97. The molecule has 2 nitrogen and oxygen atoms in total. The third kappa shape index (κ3) is 58.9. The maximum Gasteiger partial charge on any atom is 0.0286 e. The van der Waals surface area contributed by atoms with E-state index in [1.54, 1.807) is 0 Å². The number of hydrogen-bond acceptors (Lipinski definition) is 2. The van der Waals surface area contributed by atoms with Crippen LogP contribution in [-0.4, -0.2) is 31.1 Å². The summed E-state index contributed by atoms with van der Waals surface area (Å²) in [6.07, 6.45) is 65.0. The Hall–Kier alpha value is -1.28. The second kappa shape index (κ2) is 60.8. The zero-order valence-corrected chi connectivity index (χ0v) is 48.2. The summed E-state index contributed by atoms with van der Waals surface area (Å²) in [6.45, 7) is 34.0. The molecule has 1 aliphatic carbocycles. The van der Waals surface area contributed by atoms with Crippen LogP contribution < -0.4 is 5.32 Å². The molecule has 2 atom stereocenters. The van der Waals surface area contributed by atoms with E-state index in [-0.39, 0.29) is 0 Å². The van der Waals surface area contributed by atoms with E-state index in [2.05, 4.69) is 98.1 Å². The van der Waals surface area contributed by atoms with Gasteiger partial charge in [-0.05, 0) is 103 Å². The number of hydrogen-bond donors (Lipinski definition) is 1. The van der Waals surface area contributed by atoms with Gasteiger partial charge in [-0.25, -0.2) is 0 Å². The van der Waals surface area contributed by atoms with E-state index in [1.165, 1.54) is 294 Å². The number of allylic oxidation sites excluding steroid dienone is 4. The second-order valence-corrected chi connectivity index (χ2v) is 21.3. The van der Waals surface area contributed by atoms with Crippen molar-refractivity contribution in [3.63, 3.8) is 0 Å². The summed E-state index contributed by atoms with van der Waals surface area (Å²) in [7, 11) is 2.09. The van der Waals surface area contributed by atoms with Crippen LogP contribution in [0, 0.1) is 11.8 Å². The third-order valence-electron chi connectivity index (χ3n) is 14.1. The Labute approximate surface area is 427 Å². The molecule has 0 spiro atoms. The summed E-state index contributed by atoms with van der Waals surface area (Å²) < 4.78 is 0. The molecule has 1 aliphatic rings. The molecule has 0 saturated heterocycles. The lowest BCUT2D eigenvalue weighted by Crippen LogP contribution is -2.36. The van der Waals surface area contributed by atoms with Crippen LogP contribution in [0.15, 0.2) is 49.7 Å². The van der Waals surface area contributed by atoms with Gasteiger partial charge in [-0.15, -0.1) is 19.7 Å². The zero-order valence-electron chi connectivity index (χ0n) is 48.2. The molecule has 2 unspecified atom stereocenters. The molecule has 0 amide bonds. The maximum atomic E-state index is 4.66. The molecule has 0 aromatic carbocycles. The highest BCUT2D eigenvalue weighted by Gasteiger charge is 2.25. The number of unbranched alkanes of at least 4 members (excludes halogenated alkanes) is 27. The summed E-state index contributed by atoms with van der Waals surface area (Å²) in [5.41, 5.74) is 2.77. The average Bonchev–Trinajstić information content (AvgIpc) is 4.16. The van der Waals surface area contributed by atoms with Crippen LogP contribution in [0.1, 0.15) is 331 Å². The molecular weight excluding hydrogens is 809 g/mol. The molecule has 1 N–H and O–H groups in total. The monoisotopic (exact) mass is 939 g/mol. The Kier molecular flexibility index (Phi) is 63.5. The first-order chi connectivity index (χ1) is 32.8. The average molecular weight is 940 g/mol. The van der Waals surface area contributed by atoms with Gasteiger partial charge in [0.25, 0.3) is 0 Å². The molecule has 2 heteroatoms. The van der Waals surface area contributed by atoms with Crippen molar-refractivity contribution in [2.45, 2.75) is 337 Å². The summed E-state index contributed by atoms with van der Waals surface area (Å²) in [6, 6.07) is 0.698. The molecule has 0 radical (unpaired) electrons. The van der Waals surface area contributed by atoms with Crippen molar-refractivity contribution in [1.29, 1.82) is 0 Å². The van der Waals surface area contributed by atoms with E-state index in [9.17, 15) is 0 Å². The van der Waals surface area contributed by atoms with Crippen molar-refractivity contribution in [1.82, 2.24) is 10.2 Å². The lowest BCUT2D eigenvalue weighted by molar-refractivity contribution is 0.209. The normalized spacial score (nSPS) is 12.7. The number of rotatable bonds is 49. The van der Waals surface area contributed by atoms with Crippen molar-refractivity contribution < 1.29 is 0 Å². The van der Waals surface area contributed by atoms with E-state index in [0.29, 0.717) is 6.04 Å². The van der Waals surface area contributed by atoms with Crippen molar-refractivity contribution in [3.05, 3.63) is 49.7 Å². The summed E-state index contributed by atoms with van der Waals surface area (Å²) in [5, 5.41) is 3.37. The topological polar surface area (TPSA) is 15.3 Å². The van der Waals surface area contributed by atoms with Crippen LogP contribution >= 0.6 is 0 Å². The molecule has 0 bridgehead atoms. The van der Waals surface area contributed by atoms with Crippen LogP contribution in [0.2, 0.25) is 0 Å². The fraction of sp³-hybridized carbons (Fsp3) is 0.877. The van der Waals surface area contributed by atoms with E-state index in [1.807, 2.05) is 6.08 Å². The molecule has 1 fully saturated rings. The number of nitrogens with one attached hydrogen (secondary N) is 1. The Morgan fingerprint density at radius 3 is 1.24 bits per heavy atom. The minimum Gasteiger partial charge on any atom is -0.372 e. The van der Waals surface area contributed by atoms with Gasteiger partial charge in [-0.2, -0.15) is 0 Å². The third-order valence-corrected chi connectivity index (χ3v) is 14.1. The van der Waals surface area contributed by atoms with Gasteiger partial charge in [-0.3, -0.25) is 0 Å². The molecule has 1 saturated carbocycles. The quantitative estimate of drug-likeness (QED) is 0.0483. The van der Waals surface area contributed by atoms with Gasteiger partial charge >= 0.3 is 0 Å². The SMILES string of the molecule is C=C(C)CCCCCCCCC(CCCCCCCCC)N(CCCNC)C(=C)CCCCCCCC.C=CCC.C=CCCC(CCCCCC)CC1CC1.CCCCCCCCCCC. The van der Waals surface area contributed by atoms with Crippen molar-refractivity contribution in [2.75, 3.05) is 20.1 Å². The standard InChI is InChI=1S/C35H70N2.C15H28.C11H24.C4H8/c1-7-9-11-13-15-20-24-29-35(30-25-21-17-16-18-22-27-33(3)4)37(32-26-31-36-6)34(5)28-23-19-14-12-10-8-2;1-3-5-7-8-10-14(9-6-4-2)13-15-11-12-15;1-3-5-7-9-11-10-8-6-4-2;1-3-4-2/h35-36H,3,5,7-32H2,1-2,4,6H3;4,14-15H,2-3,5-13H2,1H3;3-11H2,1-2H3;3H,1,4H2,2H3. The smallest absolute Gasteiger partial charge is 0.0286 e. The molecule has 0 aromatic heterocycles. The van der Waals surface area contributed by atoms with Gasteiger partial charge in [0, 0.05) is 18.3 Å². The molecule has 0 aromatic rings. The first kappa shape index (κ1) is 70.0. The van der Waals surface area contributed by atoms with Crippen LogP contribution in [0.4, 0.5) is 0 Å². The summed E-state index contributed by atoms with van der Waals surface area (Å²) in [5.74, 6) is 2.11. The lowest BCUT2D eigenvalue weighted by atomic mass is 9.91. The molecule has 0 heterocycles. The van der Waals surface area contributed by atoms with Crippen LogP contribution in [0.5, 0.6) is 0 Å². The molecule has 1 rings (SSSR count). The molecule has 400 valence electrons. The summed E-state index contributed by atoms with van der Waals surface area (Å²) >= 11 is 0. The van der Waals surface area contributed by atoms with Gasteiger partial charge in [0.15, 0.2) is 0 Å². The first-order valence-electron chi connectivity index (χ1n) is 30.7. The highest BCUT2D eigenvalue weighted by atomic mass is 15.2. The van der Waals surface area contributed by atoms with E-state index in [4.69, 9.17) is 0 Å².